The number of aryl methyl sites for hydroxylation is 1. The summed E-state index contributed by atoms with van der Waals surface area (Å²) in [4.78, 5) is 38.9. The van der Waals surface area contributed by atoms with Gasteiger partial charge in [-0.05, 0) is 60.0 Å². The zero-order chi connectivity index (χ0) is 25.7. The highest BCUT2D eigenvalue weighted by Crippen LogP contribution is 2.27. The first-order valence-electron chi connectivity index (χ1n) is 11.2. The Morgan fingerprint density at radius 1 is 1.11 bits per heavy atom. The molecule has 1 aliphatic heterocycles. The van der Waals surface area contributed by atoms with Gasteiger partial charge in [-0.25, -0.2) is 14.1 Å². The number of amides is 4. The van der Waals surface area contributed by atoms with Crippen LogP contribution >= 0.6 is 15.9 Å². The van der Waals surface area contributed by atoms with Gasteiger partial charge in [-0.3, -0.25) is 9.59 Å². The number of benzene rings is 3. The highest BCUT2D eigenvalue weighted by atomic mass is 79.9. The van der Waals surface area contributed by atoms with Crippen LogP contribution in [-0.4, -0.2) is 29.3 Å². The van der Waals surface area contributed by atoms with Gasteiger partial charge in [0.1, 0.15) is 30.4 Å². The zero-order valence-corrected chi connectivity index (χ0v) is 21.0. The molecule has 0 aromatic heterocycles. The van der Waals surface area contributed by atoms with Crippen LogP contribution in [0.25, 0.3) is 6.08 Å². The third-order valence-electron chi connectivity index (χ3n) is 5.52. The molecular formula is C27H23BrFN3O4. The van der Waals surface area contributed by atoms with Crippen LogP contribution in [0.15, 0.2) is 76.9 Å². The van der Waals surface area contributed by atoms with Crippen molar-refractivity contribution >= 4 is 45.5 Å². The number of ether oxygens (including phenoxy) is 1. The summed E-state index contributed by atoms with van der Waals surface area (Å²) in [7, 11) is 0. The molecule has 0 spiro atoms. The largest absolute Gasteiger partial charge is 0.488 e. The van der Waals surface area contributed by atoms with Crippen LogP contribution in [0.2, 0.25) is 0 Å². The minimum Gasteiger partial charge on any atom is -0.488 e. The van der Waals surface area contributed by atoms with E-state index in [0.717, 1.165) is 26.9 Å². The van der Waals surface area contributed by atoms with Gasteiger partial charge in [-0.1, -0.05) is 53.2 Å². The molecule has 3 aromatic rings. The second-order valence-electron chi connectivity index (χ2n) is 8.04. The molecule has 9 heteroatoms. The summed E-state index contributed by atoms with van der Waals surface area (Å²) >= 11 is 3.40. The summed E-state index contributed by atoms with van der Waals surface area (Å²) in [5.74, 6) is -0.977. The molecule has 4 rings (SSSR count). The van der Waals surface area contributed by atoms with Crippen LogP contribution in [0.3, 0.4) is 0 Å². The third kappa shape index (κ3) is 5.98. The minimum absolute atomic E-state index is 0.0199. The number of carbonyl (C=O) groups excluding carboxylic acids is 3. The van der Waals surface area contributed by atoms with Gasteiger partial charge in [0.05, 0.1) is 0 Å². The lowest BCUT2D eigenvalue weighted by molar-refractivity contribution is -0.127. The topological polar surface area (TPSA) is 87.7 Å². The Balaban J connectivity index is 1.48. The van der Waals surface area contributed by atoms with Gasteiger partial charge in [0.2, 0.25) is 5.91 Å². The normalized spacial score (nSPS) is 14.2. The van der Waals surface area contributed by atoms with E-state index in [1.54, 1.807) is 42.5 Å². The number of urea groups is 1. The number of para-hydroxylation sites is 1. The fraction of sp³-hybridized carbons (Fsp3) is 0.148. The Bertz CT molecular complexity index is 1340. The average Bonchev–Trinajstić information content (AvgIpc) is 3.12. The number of anilines is 1. The Morgan fingerprint density at radius 3 is 2.61 bits per heavy atom. The molecule has 0 radical (unpaired) electrons. The first-order chi connectivity index (χ1) is 17.3. The summed E-state index contributed by atoms with van der Waals surface area (Å²) in [5.41, 5.74) is 2.92. The van der Waals surface area contributed by atoms with Crippen molar-refractivity contribution in [3.8, 4) is 5.75 Å². The van der Waals surface area contributed by atoms with Crippen molar-refractivity contribution in [3.05, 3.63) is 99.4 Å². The molecule has 1 saturated heterocycles. The van der Waals surface area contributed by atoms with E-state index in [9.17, 15) is 18.8 Å². The molecule has 0 bridgehead atoms. The molecule has 1 aliphatic rings. The van der Waals surface area contributed by atoms with E-state index >= 15 is 0 Å². The Labute approximate surface area is 216 Å². The lowest BCUT2D eigenvalue weighted by Gasteiger charge is -2.13. The van der Waals surface area contributed by atoms with E-state index < -0.39 is 24.4 Å². The van der Waals surface area contributed by atoms with Gasteiger partial charge >= 0.3 is 6.03 Å². The SMILES string of the molecule is CCc1ccccc1NC(=O)CN1C(=O)N/C(=C/c2cc(Br)ccc2OCc2ccc(F)cc2)C1=O. The number of nitrogens with zero attached hydrogens (tertiary/aromatic N) is 1. The molecule has 1 heterocycles. The average molecular weight is 552 g/mol. The molecule has 184 valence electrons. The van der Waals surface area contributed by atoms with Crippen molar-refractivity contribution in [1.82, 2.24) is 10.2 Å². The fourth-order valence-electron chi connectivity index (χ4n) is 3.66. The number of imide groups is 1. The van der Waals surface area contributed by atoms with Crippen LogP contribution in [0.4, 0.5) is 14.9 Å². The van der Waals surface area contributed by atoms with Gasteiger partial charge in [-0.15, -0.1) is 0 Å². The second-order valence-corrected chi connectivity index (χ2v) is 8.95. The quantitative estimate of drug-likeness (QED) is 0.295. The van der Waals surface area contributed by atoms with Gasteiger partial charge < -0.3 is 15.4 Å². The first-order valence-corrected chi connectivity index (χ1v) is 12.0. The molecule has 7 nitrogen and oxygen atoms in total. The van der Waals surface area contributed by atoms with Crippen LogP contribution in [0.5, 0.6) is 5.75 Å². The Hall–Kier alpha value is -3.98. The standard InChI is InChI=1S/C27H23BrFN3O4/c1-2-18-5-3-4-6-22(18)30-25(33)15-32-26(34)23(31-27(32)35)14-19-13-20(28)9-12-24(19)36-16-17-7-10-21(29)11-8-17/h3-14H,2,15-16H2,1H3,(H,30,33)(H,31,35)/b23-14+. The van der Waals surface area contributed by atoms with Crippen LogP contribution < -0.4 is 15.4 Å². The molecule has 3 aromatic carbocycles. The predicted octanol–water partition coefficient (Wildman–Crippen LogP) is 5.26. The molecule has 36 heavy (non-hydrogen) atoms. The van der Waals surface area contributed by atoms with E-state index in [1.807, 2.05) is 19.1 Å². The molecular weight excluding hydrogens is 529 g/mol. The maximum atomic E-state index is 13.2. The molecule has 0 aliphatic carbocycles. The van der Waals surface area contributed by atoms with Crippen LogP contribution in [-0.2, 0) is 22.6 Å². The zero-order valence-electron chi connectivity index (χ0n) is 19.4. The smallest absolute Gasteiger partial charge is 0.329 e. The molecule has 1 fully saturated rings. The van der Waals surface area contributed by atoms with Crippen molar-refractivity contribution in [2.24, 2.45) is 0 Å². The van der Waals surface area contributed by atoms with Gasteiger partial charge in [0, 0.05) is 15.7 Å². The number of hydrogen-bond acceptors (Lipinski definition) is 4. The van der Waals surface area contributed by atoms with Crippen LogP contribution in [0, 0.1) is 5.82 Å². The lowest BCUT2D eigenvalue weighted by atomic mass is 10.1. The first kappa shape index (κ1) is 25.1. The number of carbonyl (C=O) groups is 3. The monoisotopic (exact) mass is 551 g/mol. The second kappa shape index (κ2) is 11.2. The summed E-state index contributed by atoms with van der Waals surface area (Å²) in [6, 6.07) is 17.8. The van der Waals surface area contributed by atoms with E-state index in [1.165, 1.54) is 18.2 Å². The van der Waals surface area contributed by atoms with Gasteiger partial charge in [0.15, 0.2) is 0 Å². The van der Waals surface area contributed by atoms with Crippen molar-refractivity contribution in [2.75, 3.05) is 11.9 Å². The summed E-state index contributed by atoms with van der Waals surface area (Å²) in [6.07, 6.45) is 2.22. The van der Waals surface area contributed by atoms with Crippen molar-refractivity contribution in [2.45, 2.75) is 20.0 Å². The van der Waals surface area contributed by atoms with Crippen molar-refractivity contribution in [3.63, 3.8) is 0 Å². The van der Waals surface area contributed by atoms with E-state index in [4.69, 9.17) is 4.74 Å². The van der Waals surface area contributed by atoms with Gasteiger partial charge in [-0.2, -0.15) is 0 Å². The summed E-state index contributed by atoms with van der Waals surface area (Å²) in [6.45, 7) is 1.73. The van der Waals surface area contributed by atoms with Crippen LogP contribution in [0.1, 0.15) is 23.6 Å². The number of nitrogens with one attached hydrogen (secondary N) is 2. The molecule has 0 atom stereocenters. The molecule has 2 N–H and O–H groups in total. The Kier molecular flexibility index (Phi) is 7.80. The maximum Gasteiger partial charge on any atom is 0.329 e. The molecule has 4 amide bonds. The maximum absolute atomic E-state index is 13.2. The molecule has 0 saturated carbocycles. The number of hydrogen-bond donors (Lipinski definition) is 2. The van der Waals surface area contributed by atoms with E-state index in [2.05, 4.69) is 26.6 Å². The minimum atomic E-state index is -0.686. The van der Waals surface area contributed by atoms with Gasteiger partial charge in [0.25, 0.3) is 5.91 Å². The van der Waals surface area contributed by atoms with Crippen molar-refractivity contribution < 1.29 is 23.5 Å². The third-order valence-corrected chi connectivity index (χ3v) is 6.01. The Morgan fingerprint density at radius 2 is 1.86 bits per heavy atom. The lowest BCUT2D eigenvalue weighted by Crippen LogP contribution is -2.38. The number of halogens is 2. The van der Waals surface area contributed by atoms with E-state index in [-0.39, 0.29) is 18.1 Å². The highest BCUT2D eigenvalue weighted by Gasteiger charge is 2.35. The predicted molar refractivity (Wildman–Crippen MR) is 138 cm³/mol. The summed E-state index contributed by atoms with van der Waals surface area (Å²) < 4.78 is 19.8. The van der Waals surface area contributed by atoms with Crippen molar-refractivity contribution in [1.29, 1.82) is 0 Å². The highest BCUT2D eigenvalue weighted by molar-refractivity contribution is 9.10. The fourth-order valence-corrected chi connectivity index (χ4v) is 4.04. The summed E-state index contributed by atoms with van der Waals surface area (Å²) in [5, 5.41) is 5.29. The van der Waals surface area contributed by atoms with E-state index in [0.29, 0.717) is 17.0 Å². The number of rotatable bonds is 8. The molecule has 0 unspecified atom stereocenters.